The molecule has 0 unspecified atom stereocenters. The van der Waals surface area contributed by atoms with Crippen LogP contribution in [0.1, 0.15) is 33.6 Å². The highest BCUT2D eigenvalue weighted by atomic mass is 31.2. The fraction of sp³-hybridized carbons (Fsp3) is 0.583. The molecule has 0 atom stereocenters. The lowest BCUT2D eigenvalue weighted by Gasteiger charge is -2.15. The van der Waals surface area contributed by atoms with E-state index in [1.54, 1.807) is 24.3 Å². The van der Waals surface area contributed by atoms with Gasteiger partial charge in [-0.15, -0.1) is 0 Å². The maximum Gasteiger partial charge on any atom is 0.397 e. The molecule has 0 N–H and O–H groups in total. The highest BCUT2D eigenvalue weighted by Gasteiger charge is 2.33. The Morgan fingerprint density at radius 2 is 1.59 bits per heavy atom. The highest BCUT2D eigenvalue weighted by molar-refractivity contribution is 7.71. The van der Waals surface area contributed by atoms with Crippen molar-refractivity contribution in [2.24, 2.45) is 0 Å². The van der Waals surface area contributed by atoms with Crippen LogP contribution in [-0.4, -0.2) is 18.7 Å². The van der Waals surface area contributed by atoms with Gasteiger partial charge < -0.3 is 0 Å². The normalized spacial score (nSPS) is 15.5. The lowest BCUT2D eigenvalue weighted by Crippen LogP contribution is -2.07. The van der Waals surface area contributed by atoms with Gasteiger partial charge in [0.25, 0.3) is 0 Å². The van der Waals surface area contributed by atoms with Crippen molar-refractivity contribution in [3.05, 3.63) is 24.3 Å². The van der Waals surface area contributed by atoms with Gasteiger partial charge in [0.1, 0.15) is 0 Å². The van der Waals surface area contributed by atoms with Gasteiger partial charge in [0, 0.05) is 6.42 Å². The first-order valence-electron chi connectivity index (χ1n) is 5.75. The maximum atomic E-state index is 12.2. The number of rotatable bonds is 9. The molecular weight excluding hydrogens is 239 g/mol. The zero-order valence-corrected chi connectivity index (χ0v) is 11.6. The quantitative estimate of drug-likeness (QED) is 0.468. The lowest BCUT2D eigenvalue weighted by atomic mass is 10.4. The minimum absolute atomic E-state index is 0.124. The molecule has 0 radical (unpaired) electrons. The molecule has 0 rings (SSSR count). The molecule has 0 saturated heterocycles. The van der Waals surface area contributed by atoms with E-state index in [-0.39, 0.29) is 19.6 Å². The molecule has 0 aliphatic rings. The van der Waals surface area contributed by atoms with Crippen LogP contribution in [-0.2, 0) is 18.4 Å². The predicted octanol–water partition coefficient (Wildman–Crippen LogP) is 3.69. The summed E-state index contributed by atoms with van der Waals surface area (Å²) in [5.74, 6) is 0. The van der Waals surface area contributed by atoms with Crippen LogP contribution >= 0.6 is 7.60 Å². The third-order valence-corrected chi connectivity index (χ3v) is 3.73. The molecule has 0 heterocycles. The van der Waals surface area contributed by atoms with Gasteiger partial charge in [-0.25, -0.2) is 0 Å². The minimum atomic E-state index is -3.63. The van der Waals surface area contributed by atoms with Crippen LogP contribution in [0.3, 0.4) is 0 Å². The van der Waals surface area contributed by atoms with Crippen LogP contribution in [0.5, 0.6) is 0 Å². The van der Waals surface area contributed by atoms with E-state index in [4.69, 9.17) is 9.05 Å². The van der Waals surface area contributed by atoms with Gasteiger partial charge in [0.15, 0.2) is 0 Å². The SMILES string of the molecule is CC=CCOP(=O)(OCC=CC)C(=O)CCC. The monoisotopic (exact) mass is 260 g/mol. The first-order chi connectivity index (χ1) is 8.10. The zero-order chi connectivity index (χ0) is 13.1. The summed E-state index contributed by atoms with van der Waals surface area (Å²) in [6, 6.07) is 0. The highest BCUT2D eigenvalue weighted by Crippen LogP contribution is 2.50. The molecule has 0 fully saturated rings. The van der Waals surface area contributed by atoms with Crippen LogP contribution in [0, 0.1) is 0 Å². The van der Waals surface area contributed by atoms with Crippen LogP contribution in [0.4, 0.5) is 0 Å². The molecule has 98 valence electrons. The summed E-state index contributed by atoms with van der Waals surface area (Å²) < 4.78 is 22.4. The van der Waals surface area contributed by atoms with Crippen LogP contribution in [0.25, 0.3) is 0 Å². The standard InChI is InChI=1S/C12H21O4P/c1-4-7-10-15-17(14,12(13)9-6-3)16-11-8-5-2/h4-5,7-8H,6,9-11H2,1-3H3. The molecule has 0 aromatic carbocycles. The van der Waals surface area contributed by atoms with Crippen molar-refractivity contribution < 1.29 is 18.4 Å². The van der Waals surface area contributed by atoms with E-state index < -0.39 is 13.1 Å². The summed E-state index contributed by atoms with van der Waals surface area (Å²) in [6.45, 7) is 5.74. The molecule has 0 aromatic heterocycles. The van der Waals surface area contributed by atoms with Gasteiger partial charge in [-0.05, 0) is 20.3 Å². The fourth-order valence-corrected chi connectivity index (χ4v) is 2.43. The molecular formula is C12H21O4P. The van der Waals surface area contributed by atoms with E-state index in [0.29, 0.717) is 6.42 Å². The Morgan fingerprint density at radius 3 is 1.94 bits per heavy atom. The second kappa shape index (κ2) is 9.34. The van der Waals surface area contributed by atoms with Crippen molar-refractivity contribution in [3.8, 4) is 0 Å². The average Bonchev–Trinajstić information content (AvgIpc) is 2.30. The Kier molecular flexibility index (Phi) is 8.96. The van der Waals surface area contributed by atoms with Crippen molar-refractivity contribution >= 4 is 13.1 Å². The number of hydrogen-bond donors (Lipinski definition) is 0. The molecule has 0 aliphatic carbocycles. The summed E-state index contributed by atoms with van der Waals surface area (Å²) in [5, 5.41) is 0. The van der Waals surface area contributed by atoms with Crippen molar-refractivity contribution in [2.75, 3.05) is 13.2 Å². The van der Waals surface area contributed by atoms with E-state index >= 15 is 0 Å². The maximum absolute atomic E-state index is 12.2. The summed E-state index contributed by atoms with van der Waals surface area (Å²) in [6.07, 6.45) is 7.74. The third kappa shape index (κ3) is 6.57. The van der Waals surface area contributed by atoms with E-state index in [0.717, 1.165) is 0 Å². The van der Waals surface area contributed by atoms with Gasteiger partial charge in [-0.3, -0.25) is 18.4 Å². The molecule has 0 aromatic rings. The summed E-state index contributed by atoms with van der Waals surface area (Å²) in [5.41, 5.74) is -0.450. The van der Waals surface area contributed by atoms with Crippen molar-refractivity contribution in [1.29, 1.82) is 0 Å². The van der Waals surface area contributed by atoms with Crippen molar-refractivity contribution in [2.45, 2.75) is 33.6 Å². The van der Waals surface area contributed by atoms with Gasteiger partial charge in [0.2, 0.25) is 5.52 Å². The number of hydrogen-bond acceptors (Lipinski definition) is 4. The lowest BCUT2D eigenvalue weighted by molar-refractivity contribution is -0.113. The molecule has 17 heavy (non-hydrogen) atoms. The van der Waals surface area contributed by atoms with Gasteiger partial charge in [0.05, 0.1) is 13.2 Å². The van der Waals surface area contributed by atoms with E-state index in [9.17, 15) is 9.36 Å². The van der Waals surface area contributed by atoms with Crippen LogP contribution in [0.15, 0.2) is 24.3 Å². The Hall–Kier alpha value is -0.700. The molecule has 4 nitrogen and oxygen atoms in total. The van der Waals surface area contributed by atoms with E-state index in [2.05, 4.69) is 0 Å². The molecule has 0 aliphatic heterocycles. The molecule has 0 saturated carbocycles. The van der Waals surface area contributed by atoms with E-state index in [1.165, 1.54) is 0 Å². The predicted molar refractivity (Wildman–Crippen MR) is 69.1 cm³/mol. The largest absolute Gasteiger partial charge is 0.397 e. The van der Waals surface area contributed by atoms with Crippen LogP contribution < -0.4 is 0 Å². The first-order valence-corrected chi connectivity index (χ1v) is 7.29. The first kappa shape index (κ1) is 16.3. The van der Waals surface area contributed by atoms with Gasteiger partial charge >= 0.3 is 7.60 Å². The smallest absolute Gasteiger partial charge is 0.299 e. The number of carbonyl (C=O) groups excluding carboxylic acids is 1. The summed E-state index contributed by atoms with van der Waals surface area (Å²) >= 11 is 0. The molecule has 0 spiro atoms. The molecule has 0 amide bonds. The van der Waals surface area contributed by atoms with Gasteiger partial charge in [-0.2, -0.15) is 0 Å². The summed E-state index contributed by atoms with van der Waals surface area (Å²) in [4.78, 5) is 11.7. The second-order valence-corrected chi connectivity index (χ2v) is 5.38. The average molecular weight is 260 g/mol. The Balaban J connectivity index is 4.55. The van der Waals surface area contributed by atoms with Gasteiger partial charge in [-0.1, -0.05) is 31.2 Å². The topological polar surface area (TPSA) is 52.6 Å². The molecule has 0 bridgehead atoms. The number of carbonyl (C=O) groups is 1. The zero-order valence-electron chi connectivity index (χ0n) is 10.7. The summed E-state index contributed by atoms with van der Waals surface area (Å²) in [7, 11) is -3.63. The van der Waals surface area contributed by atoms with Crippen molar-refractivity contribution in [3.63, 3.8) is 0 Å². The van der Waals surface area contributed by atoms with E-state index in [1.807, 2.05) is 20.8 Å². The fourth-order valence-electron chi connectivity index (χ4n) is 1.01. The van der Waals surface area contributed by atoms with Crippen LogP contribution in [0.2, 0.25) is 0 Å². The minimum Gasteiger partial charge on any atom is -0.299 e. The van der Waals surface area contributed by atoms with Crippen molar-refractivity contribution in [1.82, 2.24) is 0 Å². The molecule has 5 heteroatoms. The Bertz CT molecular complexity index is 300. The number of allylic oxidation sites excluding steroid dienone is 2. The third-order valence-electron chi connectivity index (χ3n) is 1.92. The Morgan fingerprint density at radius 1 is 1.12 bits per heavy atom. The Labute approximate surface area is 103 Å². The second-order valence-electron chi connectivity index (χ2n) is 3.37.